The van der Waals surface area contributed by atoms with E-state index in [1.54, 1.807) is 23.1 Å². The van der Waals surface area contributed by atoms with Crippen molar-refractivity contribution in [3.8, 4) is 5.75 Å². The Hall–Kier alpha value is -1.79. The van der Waals surface area contributed by atoms with Gasteiger partial charge in [-0.1, -0.05) is 11.6 Å². The third-order valence-electron chi connectivity index (χ3n) is 4.28. The molecule has 24 heavy (non-hydrogen) atoms. The molecule has 0 bridgehead atoms. The highest BCUT2D eigenvalue weighted by atomic mass is 35.5. The van der Waals surface area contributed by atoms with Gasteiger partial charge < -0.3 is 20.3 Å². The second-order valence-electron chi connectivity index (χ2n) is 5.94. The Balaban J connectivity index is 2.13. The van der Waals surface area contributed by atoms with Crippen LogP contribution in [-0.4, -0.2) is 56.0 Å². The maximum Gasteiger partial charge on any atom is 0.258 e. The standard InChI is InChI=1S/C17H24ClN3O3/c1-11(19-2)10-20-16(22)14-5-4-8-21(14)17(23)13-9-12(18)6-7-15(13)24-3/h6-7,9,11,14,19H,4-5,8,10H2,1-3H3,(H,20,22). The van der Waals surface area contributed by atoms with Gasteiger partial charge in [0, 0.05) is 24.2 Å². The fourth-order valence-electron chi connectivity index (χ4n) is 2.76. The molecule has 7 heteroatoms. The van der Waals surface area contributed by atoms with Gasteiger partial charge in [0.15, 0.2) is 0 Å². The molecule has 0 spiro atoms. The van der Waals surface area contributed by atoms with E-state index in [2.05, 4.69) is 10.6 Å². The molecule has 132 valence electrons. The summed E-state index contributed by atoms with van der Waals surface area (Å²) in [5, 5.41) is 6.42. The van der Waals surface area contributed by atoms with E-state index in [1.807, 2.05) is 14.0 Å². The van der Waals surface area contributed by atoms with Gasteiger partial charge >= 0.3 is 0 Å². The Morgan fingerprint density at radius 1 is 1.46 bits per heavy atom. The van der Waals surface area contributed by atoms with Crippen molar-refractivity contribution < 1.29 is 14.3 Å². The number of likely N-dealkylation sites (N-methyl/N-ethyl adjacent to an activating group) is 1. The quantitative estimate of drug-likeness (QED) is 0.816. The summed E-state index contributed by atoms with van der Waals surface area (Å²) in [6.07, 6.45) is 1.46. The van der Waals surface area contributed by atoms with E-state index in [-0.39, 0.29) is 17.9 Å². The average molecular weight is 354 g/mol. The molecule has 6 nitrogen and oxygen atoms in total. The second kappa shape index (κ2) is 8.35. The van der Waals surface area contributed by atoms with Crippen molar-refractivity contribution in [1.82, 2.24) is 15.5 Å². The number of ether oxygens (including phenoxy) is 1. The SMILES string of the molecule is CNC(C)CNC(=O)C1CCCN1C(=O)c1cc(Cl)ccc1OC. The number of methoxy groups -OCH3 is 1. The van der Waals surface area contributed by atoms with Crippen LogP contribution in [-0.2, 0) is 4.79 Å². The number of hydrogen-bond acceptors (Lipinski definition) is 4. The van der Waals surface area contributed by atoms with E-state index in [9.17, 15) is 9.59 Å². The molecule has 0 aromatic heterocycles. The molecule has 2 amide bonds. The van der Waals surface area contributed by atoms with Crippen molar-refractivity contribution in [3.05, 3.63) is 28.8 Å². The van der Waals surface area contributed by atoms with Crippen LogP contribution >= 0.6 is 11.6 Å². The molecule has 2 unspecified atom stereocenters. The molecule has 2 rings (SSSR count). The summed E-state index contributed by atoms with van der Waals surface area (Å²) >= 11 is 6.01. The summed E-state index contributed by atoms with van der Waals surface area (Å²) < 4.78 is 5.26. The average Bonchev–Trinajstić information content (AvgIpc) is 3.08. The minimum atomic E-state index is -0.453. The summed E-state index contributed by atoms with van der Waals surface area (Å²) in [5.41, 5.74) is 0.383. The molecule has 0 radical (unpaired) electrons. The normalized spacial score (nSPS) is 18.3. The first-order chi connectivity index (χ1) is 11.5. The number of benzene rings is 1. The van der Waals surface area contributed by atoms with Crippen LogP contribution in [0.5, 0.6) is 5.75 Å². The number of nitrogens with zero attached hydrogens (tertiary/aromatic N) is 1. The maximum absolute atomic E-state index is 12.9. The number of halogens is 1. The molecule has 1 aliphatic heterocycles. The number of amides is 2. The Kier molecular flexibility index (Phi) is 6.45. The number of nitrogens with one attached hydrogen (secondary N) is 2. The smallest absolute Gasteiger partial charge is 0.258 e. The minimum Gasteiger partial charge on any atom is -0.496 e. The highest BCUT2D eigenvalue weighted by Crippen LogP contribution is 2.27. The molecule has 1 aromatic carbocycles. The van der Waals surface area contributed by atoms with Gasteiger partial charge in [-0.15, -0.1) is 0 Å². The van der Waals surface area contributed by atoms with Crippen LogP contribution in [0.25, 0.3) is 0 Å². The molecule has 1 saturated heterocycles. The van der Waals surface area contributed by atoms with Crippen LogP contribution in [0.4, 0.5) is 0 Å². The molecular formula is C17H24ClN3O3. The predicted molar refractivity (Wildman–Crippen MR) is 93.6 cm³/mol. The third-order valence-corrected chi connectivity index (χ3v) is 4.52. The number of hydrogen-bond donors (Lipinski definition) is 2. The first kappa shape index (κ1) is 18.5. The highest BCUT2D eigenvalue weighted by Gasteiger charge is 2.35. The first-order valence-corrected chi connectivity index (χ1v) is 8.45. The zero-order valence-electron chi connectivity index (χ0n) is 14.3. The topological polar surface area (TPSA) is 70.7 Å². The largest absolute Gasteiger partial charge is 0.496 e. The predicted octanol–water partition coefficient (Wildman–Crippen LogP) is 1.68. The number of carbonyl (C=O) groups excluding carboxylic acids is 2. The van der Waals surface area contributed by atoms with Gasteiger partial charge in [-0.05, 0) is 45.0 Å². The monoisotopic (exact) mass is 353 g/mol. The molecule has 0 saturated carbocycles. The first-order valence-electron chi connectivity index (χ1n) is 8.07. The summed E-state index contributed by atoms with van der Waals surface area (Å²) in [7, 11) is 3.35. The van der Waals surface area contributed by atoms with Crippen molar-refractivity contribution in [2.75, 3.05) is 27.2 Å². The summed E-state index contributed by atoms with van der Waals surface area (Å²) in [5.74, 6) is 0.108. The lowest BCUT2D eigenvalue weighted by Crippen LogP contribution is -2.48. The van der Waals surface area contributed by atoms with Gasteiger partial charge in [-0.3, -0.25) is 9.59 Å². The lowest BCUT2D eigenvalue weighted by Gasteiger charge is -2.25. The van der Waals surface area contributed by atoms with E-state index in [1.165, 1.54) is 7.11 Å². The highest BCUT2D eigenvalue weighted by molar-refractivity contribution is 6.31. The van der Waals surface area contributed by atoms with Gasteiger partial charge in [0.1, 0.15) is 11.8 Å². The van der Waals surface area contributed by atoms with Crippen molar-refractivity contribution in [2.24, 2.45) is 0 Å². The second-order valence-corrected chi connectivity index (χ2v) is 6.37. The van der Waals surface area contributed by atoms with Crippen LogP contribution in [0.1, 0.15) is 30.1 Å². The molecular weight excluding hydrogens is 330 g/mol. The fraction of sp³-hybridized carbons (Fsp3) is 0.529. The zero-order chi connectivity index (χ0) is 17.7. The van der Waals surface area contributed by atoms with E-state index >= 15 is 0 Å². The van der Waals surface area contributed by atoms with Crippen molar-refractivity contribution in [3.63, 3.8) is 0 Å². The Morgan fingerprint density at radius 3 is 2.88 bits per heavy atom. The number of carbonyl (C=O) groups is 2. The van der Waals surface area contributed by atoms with Crippen molar-refractivity contribution in [1.29, 1.82) is 0 Å². The van der Waals surface area contributed by atoms with Gasteiger partial charge in [0.25, 0.3) is 5.91 Å². The van der Waals surface area contributed by atoms with Crippen LogP contribution in [0.3, 0.4) is 0 Å². The maximum atomic E-state index is 12.9. The molecule has 1 aliphatic rings. The lowest BCUT2D eigenvalue weighted by molar-refractivity contribution is -0.124. The van der Waals surface area contributed by atoms with Gasteiger partial charge in [-0.25, -0.2) is 0 Å². The zero-order valence-corrected chi connectivity index (χ0v) is 15.0. The van der Waals surface area contributed by atoms with Crippen molar-refractivity contribution in [2.45, 2.75) is 31.8 Å². The van der Waals surface area contributed by atoms with Crippen LogP contribution in [0.2, 0.25) is 5.02 Å². The minimum absolute atomic E-state index is 0.121. The Labute approximate surface area is 147 Å². The molecule has 1 heterocycles. The lowest BCUT2D eigenvalue weighted by atomic mass is 10.1. The molecule has 1 aromatic rings. The van der Waals surface area contributed by atoms with E-state index in [0.717, 1.165) is 6.42 Å². The van der Waals surface area contributed by atoms with Gasteiger partial charge in [-0.2, -0.15) is 0 Å². The van der Waals surface area contributed by atoms with Crippen LogP contribution < -0.4 is 15.4 Å². The summed E-state index contributed by atoms with van der Waals surface area (Å²) in [6, 6.07) is 4.64. The number of likely N-dealkylation sites (tertiary alicyclic amines) is 1. The molecule has 1 fully saturated rings. The molecule has 0 aliphatic carbocycles. The van der Waals surface area contributed by atoms with Crippen molar-refractivity contribution >= 4 is 23.4 Å². The fourth-order valence-corrected chi connectivity index (χ4v) is 2.93. The Morgan fingerprint density at radius 2 is 2.21 bits per heavy atom. The molecule has 2 N–H and O–H groups in total. The van der Waals surface area contributed by atoms with Gasteiger partial charge in [0.05, 0.1) is 12.7 Å². The summed E-state index contributed by atoms with van der Waals surface area (Å²) in [4.78, 5) is 26.9. The Bertz CT molecular complexity index is 609. The third kappa shape index (κ3) is 4.19. The van der Waals surface area contributed by atoms with Crippen LogP contribution in [0.15, 0.2) is 18.2 Å². The van der Waals surface area contributed by atoms with E-state index in [4.69, 9.17) is 16.3 Å². The van der Waals surface area contributed by atoms with E-state index < -0.39 is 6.04 Å². The van der Waals surface area contributed by atoms with Gasteiger partial charge in [0.2, 0.25) is 5.91 Å². The molecule has 2 atom stereocenters. The van der Waals surface area contributed by atoms with E-state index in [0.29, 0.717) is 35.8 Å². The van der Waals surface area contributed by atoms with Crippen LogP contribution in [0, 0.1) is 0 Å². The summed E-state index contributed by atoms with van der Waals surface area (Å²) in [6.45, 7) is 3.05. The number of rotatable bonds is 6.